The number of fused-ring (bicyclic) bond motifs is 1. The zero-order valence-corrected chi connectivity index (χ0v) is 10.5. The maximum atomic E-state index is 5.86. The van der Waals surface area contributed by atoms with E-state index < -0.39 is 0 Å². The van der Waals surface area contributed by atoms with Gasteiger partial charge in [0.05, 0.1) is 5.69 Å². The van der Waals surface area contributed by atoms with E-state index >= 15 is 0 Å². The molecule has 0 saturated heterocycles. The number of nitrogens with zero attached hydrogens (tertiary/aromatic N) is 3. The molecule has 1 aliphatic carbocycles. The minimum Gasteiger partial charge on any atom is -0.368 e. The number of benzene rings is 2. The fourth-order valence-electron chi connectivity index (χ4n) is 2.70. The summed E-state index contributed by atoms with van der Waals surface area (Å²) in [6.07, 6.45) is 4.27. The van der Waals surface area contributed by atoms with Crippen molar-refractivity contribution in [1.29, 1.82) is 0 Å². The van der Waals surface area contributed by atoms with Crippen LogP contribution in [-0.2, 0) is 0 Å². The van der Waals surface area contributed by atoms with Crippen molar-refractivity contribution in [1.82, 2.24) is 14.8 Å². The van der Waals surface area contributed by atoms with Gasteiger partial charge in [-0.2, -0.15) is 0 Å². The summed E-state index contributed by atoms with van der Waals surface area (Å²) >= 11 is 0. The Labute approximate surface area is 110 Å². The minimum atomic E-state index is 0.421. The van der Waals surface area contributed by atoms with Gasteiger partial charge in [0.25, 0.3) is 0 Å². The molecule has 0 spiro atoms. The molecule has 1 aliphatic rings. The second kappa shape index (κ2) is 3.82. The predicted molar refractivity (Wildman–Crippen MR) is 75.3 cm³/mol. The lowest BCUT2D eigenvalue weighted by atomic mass is 9.99. The van der Waals surface area contributed by atoms with Crippen molar-refractivity contribution in [3.8, 4) is 5.69 Å². The van der Waals surface area contributed by atoms with Crippen LogP contribution in [-0.4, -0.2) is 14.8 Å². The Morgan fingerprint density at radius 2 is 1.84 bits per heavy atom. The van der Waals surface area contributed by atoms with Gasteiger partial charge in [0.2, 0.25) is 5.95 Å². The minimum absolute atomic E-state index is 0.421. The third-order valence-electron chi connectivity index (χ3n) is 3.79. The molecule has 4 rings (SSSR count). The van der Waals surface area contributed by atoms with Crippen molar-refractivity contribution in [2.75, 3.05) is 5.73 Å². The van der Waals surface area contributed by atoms with Gasteiger partial charge in [-0.05, 0) is 35.8 Å². The number of aromatic nitrogens is 3. The summed E-state index contributed by atoms with van der Waals surface area (Å²) in [5, 5.41) is 10.2. The summed E-state index contributed by atoms with van der Waals surface area (Å²) in [5.41, 5.74) is 8.36. The summed E-state index contributed by atoms with van der Waals surface area (Å²) in [7, 11) is 0. The molecule has 1 aromatic heterocycles. The molecule has 19 heavy (non-hydrogen) atoms. The van der Waals surface area contributed by atoms with Crippen LogP contribution in [0, 0.1) is 0 Å². The monoisotopic (exact) mass is 250 g/mol. The second-order valence-electron chi connectivity index (χ2n) is 5.05. The molecule has 0 aliphatic heterocycles. The van der Waals surface area contributed by atoms with Gasteiger partial charge in [0.15, 0.2) is 0 Å². The van der Waals surface area contributed by atoms with E-state index in [-0.39, 0.29) is 0 Å². The Morgan fingerprint density at radius 3 is 2.53 bits per heavy atom. The standard InChI is InChI=1S/C15H14N4/c16-15-18-17-9-19(15)14-8-7-11(10-5-6-10)12-3-1-2-4-13(12)14/h1-4,7-10H,5-6H2,(H2,16,18). The first-order valence-corrected chi connectivity index (χ1v) is 6.52. The maximum absolute atomic E-state index is 5.86. The third-order valence-corrected chi connectivity index (χ3v) is 3.79. The molecule has 94 valence electrons. The fourth-order valence-corrected chi connectivity index (χ4v) is 2.70. The first-order chi connectivity index (χ1) is 9.34. The summed E-state index contributed by atoms with van der Waals surface area (Å²) in [6, 6.07) is 12.8. The van der Waals surface area contributed by atoms with Crippen LogP contribution in [0.25, 0.3) is 16.5 Å². The van der Waals surface area contributed by atoms with Crippen molar-refractivity contribution in [3.63, 3.8) is 0 Å². The van der Waals surface area contributed by atoms with E-state index in [0.717, 1.165) is 11.6 Å². The van der Waals surface area contributed by atoms with Gasteiger partial charge in [-0.25, -0.2) is 0 Å². The summed E-state index contributed by atoms with van der Waals surface area (Å²) < 4.78 is 1.83. The molecular weight excluding hydrogens is 236 g/mol. The Balaban J connectivity index is 2.03. The highest BCUT2D eigenvalue weighted by Crippen LogP contribution is 2.44. The van der Waals surface area contributed by atoms with Crippen LogP contribution in [0.15, 0.2) is 42.7 Å². The maximum Gasteiger partial charge on any atom is 0.226 e. The highest BCUT2D eigenvalue weighted by atomic mass is 15.3. The molecule has 3 aromatic rings. The highest BCUT2D eigenvalue weighted by molar-refractivity contribution is 5.93. The van der Waals surface area contributed by atoms with E-state index in [9.17, 15) is 0 Å². The topological polar surface area (TPSA) is 56.7 Å². The lowest BCUT2D eigenvalue weighted by Crippen LogP contribution is -2.01. The highest BCUT2D eigenvalue weighted by Gasteiger charge is 2.25. The molecule has 1 fully saturated rings. The first kappa shape index (κ1) is 10.6. The van der Waals surface area contributed by atoms with Crippen molar-refractivity contribution in [2.45, 2.75) is 18.8 Å². The van der Waals surface area contributed by atoms with E-state index in [1.165, 1.54) is 29.2 Å². The lowest BCUT2D eigenvalue weighted by molar-refractivity contribution is 1.07. The molecule has 0 atom stereocenters. The Morgan fingerprint density at radius 1 is 1.05 bits per heavy atom. The van der Waals surface area contributed by atoms with Crippen LogP contribution in [0.1, 0.15) is 24.3 Å². The summed E-state index contributed by atoms with van der Waals surface area (Å²) in [4.78, 5) is 0. The lowest BCUT2D eigenvalue weighted by Gasteiger charge is -2.11. The van der Waals surface area contributed by atoms with E-state index in [1.807, 2.05) is 4.57 Å². The SMILES string of the molecule is Nc1nncn1-c1ccc(C2CC2)c2ccccc12. The molecule has 4 heteroatoms. The smallest absolute Gasteiger partial charge is 0.226 e. The number of hydrogen-bond acceptors (Lipinski definition) is 3. The Kier molecular flexibility index (Phi) is 2.12. The van der Waals surface area contributed by atoms with Gasteiger partial charge in [-0.15, -0.1) is 10.2 Å². The molecule has 4 nitrogen and oxygen atoms in total. The number of nitrogen functional groups attached to an aromatic ring is 1. The summed E-state index contributed by atoms with van der Waals surface area (Å²) in [6.45, 7) is 0. The van der Waals surface area contributed by atoms with Gasteiger partial charge in [0, 0.05) is 5.39 Å². The Bertz CT molecular complexity index is 756. The number of hydrogen-bond donors (Lipinski definition) is 1. The number of rotatable bonds is 2. The van der Waals surface area contributed by atoms with Gasteiger partial charge in [-0.3, -0.25) is 4.57 Å². The summed E-state index contributed by atoms with van der Waals surface area (Å²) in [5.74, 6) is 1.15. The van der Waals surface area contributed by atoms with Crippen LogP contribution < -0.4 is 5.73 Å². The molecule has 1 heterocycles. The van der Waals surface area contributed by atoms with Crippen LogP contribution in [0.3, 0.4) is 0 Å². The van der Waals surface area contributed by atoms with Crippen LogP contribution in [0.4, 0.5) is 5.95 Å². The zero-order chi connectivity index (χ0) is 12.8. The van der Waals surface area contributed by atoms with E-state index in [1.54, 1.807) is 6.33 Å². The molecule has 2 aromatic carbocycles. The van der Waals surface area contributed by atoms with E-state index in [0.29, 0.717) is 5.95 Å². The van der Waals surface area contributed by atoms with Crippen molar-refractivity contribution >= 4 is 16.7 Å². The van der Waals surface area contributed by atoms with Crippen LogP contribution >= 0.6 is 0 Å². The van der Waals surface area contributed by atoms with Crippen LogP contribution in [0.2, 0.25) is 0 Å². The first-order valence-electron chi connectivity index (χ1n) is 6.52. The fraction of sp³-hybridized carbons (Fsp3) is 0.200. The van der Waals surface area contributed by atoms with Gasteiger partial charge < -0.3 is 5.73 Å². The molecule has 2 N–H and O–H groups in total. The van der Waals surface area contributed by atoms with Crippen molar-refractivity contribution in [2.24, 2.45) is 0 Å². The largest absolute Gasteiger partial charge is 0.368 e. The number of nitrogens with two attached hydrogens (primary N) is 1. The molecule has 0 radical (unpaired) electrons. The average molecular weight is 250 g/mol. The van der Waals surface area contributed by atoms with Gasteiger partial charge >= 0.3 is 0 Å². The molecule has 1 saturated carbocycles. The molecular formula is C15H14N4. The molecule has 0 amide bonds. The van der Waals surface area contributed by atoms with Gasteiger partial charge in [0.1, 0.15) is 6.33 Å². The van der Waals surface area contributed by atoms with Crippen molar-refractivity contribution < 1.29 is 0 Å². The van der Waals surface area contributed by atoms with Crippen molar-refractivity contribution in [3.05, 3.63) is 48.3 Å². The predicted octanol–water partition coefficient (Wildman–Crippen LogP) is 2.88. The Hall–Kier alpha value is -2.36. The molecule has 0 unspecified atom stereocenters. The third kappa shape index (κ3) is 1.60. The van der Waals surface area contributed by atoms with Crippen LogP contribution in [0.5, 0.6) is 0 Å². The zero-order valence-electron chi connectivity index (χ0n) is 10.5. The van der Waals surface area contributed by atoms with E-state index in [4.69, 9.17) is 5.73 Å². The second-order valence-corrected chi connectivity index (χ2v) is 5.05. The van der Waals surface area contributed by atoms with Gasteiger partial charge in [-0.1, -0.05) is 30.3 Å². The average Bonchev–Trinajstić information content (AvgIpc) is 3.20. The van der Waals surface area contributed by atoms with E-state index in [2.05, 4.69) is 46.6 Å². The quantitative estimate of drug-likeness (QED) is 0.760. The molecule has 0 bridgehead atoms. The normalized spacial score (nSPS) is 14.9. The number of anilines is 1.